The van der Waals surface area contributed by atoms with Crippen LogP contribution < -0.4 is 11.1 Å². The highest BCUT2D eigenvalue weighted by Crippen LogP contribution is 2.39. The molecule has 3 heteroatoms. The van der Waals surface area contributed by atoms with Gasteiger partial charge in [0.15, 0.2) is 0 Å². The molecule has 0 aromatic heterocycles. The Labute approximate surface area is 120 Å². The van der Waals surface area contributed by atoms with Crippen LogP contribution in [0.1, 0.15) is 37.8 Å². The summed E-state index contributed by atoms with van der Waals surface area (Å²) < 4.78 is 0. The van der Waals surface area contributed by atoms with Crippen molar-refractivity contribution in [3.05, 3.63) is 35.4 Å². The van der Waals surface area contributed by atoms with Gasteiger partial charge in [-0.2, -0.15) is 0 Å². The predicted octanol–water partition coefficient (Wildman–Crippen LogP) is 2.03. The van der Waals surface area contributed by atoms with Crippen LogP contribution in [0.4, 0.5) is 0 Å². The lowest BCUT2D eigenvalue weighted by Crippen LogP contribution is -2.65. The van der Waals surface area contributed by atoms with Crippen LogP contribution in [0.25, 0.3) is 0 Å². The molecule has 0 saturated heterocycles. The van der Waals surface area contributed by atoms with Crippen molar-refractivity contribution in [3.8, 4) is 0 Å². The average Bonchev–Trinajstić information content (AvgIpc) is 2.46. The standard InChI is InChI=1S/C17H24N2O/c1-17(2)14(18)10-15(17)19-16(20)13-8-7-11-5-3-4-6-12(11)9-13/h3-6,13-15H,7-10,18H2,1-2H3,(H,19,20). The third-order valence-electron chi connectivity index (χ3n) is 5.38. The molecular formula is C17H24N2O. The van der Waals surface area contributed by atoms with Crippen molar-refractivity contribution in [1.82, 2.24) is 5.32 Å². The monoisotopic (exact) mass is 272 g/mol. The van der Waals surface area contributed by atoms with E-state index in [1.54, 1.807) is 0 Å². The second-order valence-electron chi connectivity index (χ2n) is 6.93. The lowest BCUT2D eigenvalue weighted by Gasteiger charge is -2.50. The van der Waals surface area contributed by atoms with Crippen molar-refractivity contribution in [2.45, 2.75) is 51.6 Å². The molecule has 1 saturated carbocycles. The van der Waals surface area contributed by atoms with Crippen molar-refractivity contribution >= 4 is 5.91 Å². The lowest BCUT2D eigenvalue weighted by molar-refractivity contribution is -0.128. The maximum Gasteiger partial charge on any atom is 0.223 e. The fourth-order valence-corrected chi connectivity index (χ4v) is 3.42. The van der Waals surface area contributed by atoms with Gasteiger partial charge in [0.1, 0.15) is 0 Å². The van der Waals surface area contributed by atoms with E-state index in [9.17, 15) is 4.79 Å². The minimum Gasteiger partial charge on any atom is -0.352 e. The number of nitrogens with two attached hydrogens (primary N) is 1. The molecule has 3 atom stereocenters. The molecule has 1 aromatic rings. The van der Waals surface area contributed by atoms with Crippen LogP contribution in [-0.2, 0) is 17.6 Å². The number of fused-ring (bicyclic) bond motifs is 1. The third-order valence-corrected chi connectivity index (χ3v) is 5.38. The molecule has 1 fully saturated rings. The van der Waals surface area contributed by atoms with Gasteiger partial charge in [-0.1, -0.05) is 38.1 Å². The first kappa shape index (κ1) is 13.6. The van der Waals surface area contributed by atoms with Crippen LogP contribution in [-0.4, -0.2) is 18.0 Å². The normalized spacial score (nSPS) is 31.1. The topological polar surface area (TPSA) is 55.1 Å². The molecule has 20 heavy (non-hydrogen) atoms. The molecule has 0 radical (unpaired) electrons. The van der Waals surface area contributed by atoms with Gasteiger partial charge in [0.05, 0.1) is 0 Å². The van der Waals surface area contributed by atoms with Crippen LogP contribution in [0, 0.1) is 11.3 Å². The molecule has 3 unspecified atom stereocenters. The Kier molecular flexibility index (Phi) is 3.33. The fourth-order valence-electron chi connectivity index (χ4n) is 3.42. The van der Waals surface area contributed by atoms with Gasteiger partial charge in [-0.05, 0) is 36.8 Å². The average molecular weight is 272 g/mol. The minimum atomic E-state index is 0.0300. The second-order valence-corrected chi connectivity index (χ2v) is 6.93. The molecule has 1 aromatic carbocycles. The quantitative estimate of drug-likeness (QED) is 0.865. The van der Waals surface area contributed by atoms with Gasteiger partial charge in [-0.25, -0.2) is 0 Å². The largest absolute Gasteiger partial charge is 0.352 e. The Bertz CT molecular complexity index is 523. The molecule has 1 amide bonds. The molecule has 3 nitrogen and oxygen atoms in total. The zero-order valence-electron chi connectivity index (χ0n) is 12.4. The SMILES string of the molecule is CC1(C)C(N)CC1NC(=O)C1CCc2ccccc2C1. The van der Waals surface area contributed by atoms with E-state index in [-0.39, 0.29) is 29.3 Å². The van der Waals surface area contributed by atoms with Gasteiger partial charge >= 0.3 is 0 Å². The summed E-state index contributed by atoms with van der Waals surface area (Å²) in [5.74, 6) is 0.335. The molecule has 0 aliphatic heterocycles. The summed E-state index contributed by atoms with van der Waals surface area (Å²) in [7, 11) is 0. The smallest absolute Gasteiger partial charge is 0.223 e. The number of hydrogen-bond donors (Lipinski definition) is 2. The van der Waals surface area contributed by atoms with E-state index < -0.39 is 0 Å². The zero-order valence-corrected chi connectivity index (χ0v) is 12.4. The van der Waals surface area contributed by atoms with E-state index in [2.05, 4.69) is 43.4 Å². The number of nitrogens with one attached hydrogen (secondary N) is 1. The molecule has 3 N–H and O–H groups in total. The molecule has 0 heterocycles. The van der Waals surface area contributed by atoms with E-state index >= 15 is 0 Å². The molecule has 2 aliphatic carbocycles. The summed E-state index contributed by atoms with van der Waals surface area (Å²) in [4.78, 5) is 12.5. The molecule has 3 rings (SSSR count). The summed E-state index contributed by atoms with van der Waals surface area (Å²) in [6.45, 7) is 4.28. The second kappa shape index (κ2) is 4.88. The predicted molar refractivity (Wildman–Crippen MR) is 80.3 cm³/mol. The van der Waals surface area contributed by atoms with Crippen LogP contribution in [0.5, 0.6) is 0 Å². The lowest BCUT2D eigenvalue weighted by atomic mass is 9.63. The first-order chi connectivity index (χ1) is 9.48. The van der Waals surface area contributed by atoms with Crippen LogP contribution in [0.3, 0.4) is 0 Å². The maximum absolute atomic E-state index is 12.5. The number of carbonyl (C=O) groups excluding carboxylic acids is 1. The van der Waals surface area contributed by atoms with Gasteiger partial charge in [0.2, 0.25) is 5.91 Å². The van der Waals surface area contributed by atoms with Crippen molar-refractivity contribution in [2.75, 3.05) is 0 Å². The summed E-state index contributed by atoms with van der Waals surface area (Å²) in [5.41, 5.74) is 8.78. The zero-order chi connectivity index (χ0) is 14.3. The summed E-state index contributed by atoms with van der Waals surface area (Å²) in [6.07, 6.45) is 3.76. The van der Waals surface area contributed by atoms with Crippen molar-refractivity contribution in [1.29, 1.82) is 0 Å². The number of hydrogen-bond acceptors (Lipinski definition) is 2. The first-order valence-electron chi connectivity index (χ1n) is 7.61. The highest BCUT2D eigenvalue weighted by molar-refractivity contribution is 5.80. The van der Waals surface area contributed by atoms with Crippen molar-refractivity contribution in [3.63, 3.8) is 0 Å². The van der Waals surface area contributed by atoms with Crippen molar-refractivity contribution < 1.29 is 4.79 Å². The van der Waals surface area contributed by atoms with E-state index in [1.165, 1.54) is 11.1 Å². The summed E-state index contributed by atoms with van der Waals surface area (Å²) in [6, 6.07) is 8.92. The Morgan fingerprint density at radius 1 is 1.30 bits per heavy atom. The number of carbonyl (C=O) groups is 1. The molecule has 0 spiro atoms. The highest BCUT2D eigenvalue weighted by atomic mass is 16.2. The Morgan fingerprint density at radius 3 is 2.65 bits per heavy atom. The van der Waals surface area contributed by atoms with Gasteiger partial charge in [-0.15, -0.1) is 0 Å². The number of aryl methyl sites for hydroxylation is 1. The van der Waals surface area contributed by atoms with Gasteiger partial charge in [-0.3, -0.25) is 4.79 Å². The molecular weight excluding hydrogens is 248 g/mol. The Balaban J connectivity index is 1.63. The number of rotatable bonds is 2. The van der Waals surface area contributed by atoms with Gasteiger partial charge in [0.25, 0.3) is 0 Å². The molecule has 108 valence electrons. The number of amides is 1. The van der Waals surface area contributed by atoms with Crippen LogP contribution in [0.2, 0.25) is 0 Å². The highest BCUT2D eigenvalue weighted by Gasteiger charge is 2.47. The Hall–Kier alpha value is -1.35. The van der Waals surface area contributed by atoms with E-state index in [0.717, 1.165) is 25.7 Å². The summed E-state index contributed by atoms with van der Waals surface area (Å²) in [5, 5.41) is 3.22. The van der Waals surface area contributed by atoms with Crippen molar-refractivity contribution in [2.24, 2.45) is 17.1 Å². The minimum absolute atomic E-state index is 0.0300. The van der Waals surface area contributed by atoms with Gasteiger partial charge in [0, 0.05) is 23.4 Å². The van der Waals surface area contributed by atoms with Crippen LogP contribution >= 0.6 is 0 Å². The van der Waals surface area contributed by atoms with E-state index in [1.807, 2.05) is 0 Å². The number of benzene rings is 1. The first-order valence-corrected chi connectivity index (χ1v) is 7.61. The maximum atomic E-state index is 12.5. The molecule has 2 aliphatic rings. The molecule has 0 bridgehead atoms. The Morgan fingerprint density at radius 2 is 2.00 bits per heavy atom. The van der Waals surface area contributed by atoms with E-state index in [0.29, 0.717) is 0 Å². The van der Waals surface area contributed by atoms with Gasteiger partial charge < -0.3 is 11.1 Å². The third kappa shape index (κ3) is 2.24. The summed E-state index contributed by atoms with van der Waals surface area (Å²) >= 11 is 0. The van der Waals surface area contributed by atoms with E-state index in [4.69, 9.17) is 5.73 Å². The fraction of sp³-hybridized carbons (Fsp3) is 0.588. The van der Waals surface area contributed by atoms with Crippen LogP contribution in [0.15, 0.2) is 24.3 Å².